The zero-order chi connectivity index (χ0) is 86.7. The minimum absolute atomic E-state index is 0.261. The van der Waals surface area contributed by atoms with Gasteiger partial charge in [-0.05, 0) is 217 Å². The summed E-state index contributed by atoms with van der Waals surface area (Å²) in [4.78, 5) is 59.2. The summed E-state index contributed by atoms with van der Waals surface area (Å²) >= 11 is 27.6. The second kappa shape index (κ2) is 42.6. The van der Waals surface area contributed by atoms with Gasteiger partial charge in [-0.1, -0.05) is 79.0 Å². The predicted molar refractivity (Wildman–Crippen MR) is 520 cm³/mol. The molecule has 652 valence electrons. The molecule has 8 aromatic heterocycles. The highest BCUT2D eigenvalue weighted by molar-refractivity contribution is 7.81. The molecule has 0 spiro atoms. The normalized spacial score (nSPS) is 19.6. The van der Waals surface area contributed by atoms with Crippen LogP contribution in [0.1, 0.15) is 100 Å². The maximum absolute atomic E-state index is 5.55. The lowest BCUT2D eigenvalue weighted by Crippen LogP contribution is -2.51. The van der Waals surface area contributed by atoms with Crippen molar-refractivity contribution < 1.29 is 0 Å². The molecule has 5 saturated heterocycles. The largest absolute Gasteiger partial charge is 0.368 e. The number of hydrazone groups is 4. The number of rotatable bonds is 8. The molecule has 0 bridgehead atoms. The van der Waals surface area contributed by atoms with Crippen LogP contribution >= 0.6 is 61.1 Å². The number of anilines is 2. The molecule has 20 rings (SSSR count). The van der Waals surface area contributed by atoms with Crippen LogP contribution in [0.5, 0.6) is 0 Å². The summed E-state index contributed by atoms with van der Waals surface area (Å²) in [6.45, 7) is 21.2. The van der Waals surface area contributed by atoms with Gasteiger partial charge in [0.2, 0.25) is 0 Å². The first-order valence-corrected chi connectivity index (χ1v) is 45.5. The number of nitrogens with zero attached hydrogens (tertiary/aromatic N) is 25. The Bertz CT molecular complexity index is 5620. The summed E-state index contributed by atoms with van der Waals surface area (Å²) in [5.41, 5.74) is 32.5. The lowest BCUT2D eigenvalue weighted by atomic mass is 9.91. The molecule has 1 atom stereocenters. The Balaban J connectivity index is 0.000000116. The molecule has 126 heavy (non-hydrogen) atoms. The Labute approximate surface area is 762 Å². The third-order valence-corrected chi connectivity index (χ3v) is 25.9. The number of hydrogen-bond donors (Lipinski definition) is 5. The van der Waals surface area contributed by atoms with Gasteiger partial charge in [0.1, 0.15) is 27.6 Å². The number of nitrogens with one attached hydrogen (secondary N) is 5. The van der Waals surface area contributed by atoms with E-state index in [4.69, 9.17) is 61.1 Å². The summed E-state index contributed by atoms with van der Waals surface area (Å²) in [6, 6.07) is 30.5. The highest BCUT2D eigenvalue weighted by Gasteiger charge is 2.37. The lowest BCUT2D eigenvalue weighted by Gasteiger charge is -2.36. The monoisotopic (exact) mass is 1780 g/mol. The number of aryl methyl sites for hydroxylation is 2. The number of hydrogen-bond acceptors (Lipinski definition) is 24. The fourth-order valence-corrected chi connectivity index (χ4v) is 17.9. The molecule has 8 aromatic rings. The van der Waals surface area contributed by atoms with Crippen LogP contribution < -0.4 is 53.0 Å². The van der Waals surface area contributed by atoms with E-state index in [1.807, 2.05) is 85.6 Å². The maximum atomic E-state index is 5.55. The van der Waals surface area contributed by atoms with E-state index in [-0.39, 0.29) is 5.92 Å². The lowest BCUT2D eigenvalue weighted by molar-refractivity contribution is 0.214. The van der Waals surface area contributed by atoms with Crippen molar-refractivity contribution in [3.05, 3.63) is 249 Å². The summed E-state index contributed by atoms with van der Waals surface area (Å²) in [5.74, 6) is 1.28. The number of thiocarbonyl (C=S) groups is 5. The van der Waals surface area contributed by atoms with Crippen molar-refractivity contribution in [1.29, 1.82) is 0 Å². The fraction of sp³-hybridized carbons (Fsp3) is 0.385. The van der Waals surface area contributed by atoms with Gasteiger partial charge in [0.15, 0.2) is 20.4 Å². The first-order chi connectivity index (χ1) is 61.7. The molecule has 4 aliphatic carbocycles. The smallest absolute Gasteiger partial charge is 0.189 e. The standard InChI is InChI=1S/C20H24N6S.C19H22N6S.C18H20N6S.C17H20N6S.C17H22N6S/c1-25-10-12-26(13-11-25)16-7-8-18(22-14-16)20(27)24-23-17-6-2-4-15-5-3-9-21-19(15)17;26-19(23-22-16-7-3-5-15-6-4-10-21-18(15)16)25-13-11-24(12-14-25)17-8-1-2-9-20-17;1-23-8-10-24(11-9-23)18(25)22-21-17-15-13(4-2-6-19-15)12-14-5-3-7-20-16(14)17;1-22-8-10-23(11-9-22)17(24)21-20-16-14-12(4-2-6-18-14)13-5-3-7-19-15(13)16;1-20-10-12-21(13-11-20)17(24)19-18-16-14-6-2-4-8-22(14)23-9-5-3-7-15(16)23/h3,5,7-9,14H,2,4,6,10-13H2,1H3,(H,24,27);1-2,4,6,8-10H,3,5,7,11-14H2,(H,23,26);2-7H,8-12H2,1H3,(H,22,25);2-4,6-7,13H,5,8-11H2,1H3,(H,21,24);2-7H,8-13H2,1H3,(H,19,24)/b23-17-;22-16-;;20-16+;. The van der Waals surface area contributed by atoms with Gasteiger partial charge in [-0.3, -0.25) is 71.4 Å². The van der Waals surface area contributed by atoms with Gasteiger partial charge in [-0.25, -0.2) is 4.98 Å². The van der Waals surface area contributed by atoms with Crippen LogP contribution in [0.2, 0.25) is 0 Å². The fourth-order valence-electron chi connectivity index (χ4n) is 16.8. The van der Waals surface area contributed by atoms with Crippen LogP contribution in [0.3, 0.4) is 0 Å². The molecule has 0 aromatic carbocycles. The van der Waals surface area contributed by atoms with Crippen molar-refractivity contribution in [3.8, 4) is 0 Å². The zero-order valence-electron chi connectivity index (χ0n) is 71.8. The molecule has 30 nitrogen and oxygen atoms in total. The van der Waals surface area contributed by atoms with Crippen LogP contribution in [0.15, 0.2) is 201 Å². The van der Waals surface area contributed by atoms with Crippen molar-refractivity contribution in [2.24, 2.45) is 30.5 Å². The number of fused-ring (bicyclic) bond motifs is 10. The van der Waals surface area contributed by atoms with Gasteiger partial charge in [-0.15, -0.1) is 0 Å². The first kappa shape index (κ1) is 87.9. The molecule has 0 saturated carbocycles. The molecular weight excluding hydrogens is 1670 g/mol. The van der Waals surface area contributed by atoms with Gasteiger partial charge >= 0.3 is 0 Å². The van der Waals surface area contributed by atoms with Gasteiger partial charge in [0.25, 0.3) is 0 Å². The summed E-state index contributed by atoms with van der Waals surface area (Å²) in [5, 5.41) is 28.9. The quantitative estimate of drug-likeness (QED) is 0.0863. The van der Waals surface area contributed by atoms with Gasteiger partial charge in [-0.2, -0.15) is 25.5 Å². The van der Waals surface area contributed by atoms with Crippen LogP contribution in [0.25, 0.3) is 12.2 Å². The number of allylic oxidation sites excluding steroid dienone is 5. The minimum Gasteiger partial charge on any atom is -0.368 e. The van der Waals surface area contributed by atoms with Crippen LogP contribution in [-0.4, -0.2) is 297 Å². The Morgan fingerprint density at radius 1 is 0.389 bits per heavy atom. The Morgan fingerprint density at radius 3 is 1.34 bits per heavy atom. The van der Waals surface area contributed by atoms with E-state index in [2.05, 4.69) is 258 Å². The van der Waals surface area contributed by atoms with Gasteiger partial charge < -0.3 is 49.0 Å². The molecule has 0 radical (unpaired) electrons. The second-order valence-electron chi connectivity index (χ2n) is 32.5. The van der Waals surface area contributed by atoms with E-state index < -0.39 is 0 Å². The number of piperazine rings is 5. The number of aliphatic imine (C=N–C) groups is 1. The van der Waals surface area contributed by atoms with E-state index in [1.165, 1.54) is 16.7 Å². The zero-order valence-corrected chi connectivity index (χ0v) is 75.9. The van der Waals surface area contributed by atoms with Gasteiger partial charge in [0, 0.05) is 187 Å². The Kier molecular flexibility index (Phi) is 29.7. The maximum Gasteiger partial charge on any atom is 0.189 e. The molecule has 8 aliphatic heterocycles. The van der Waals surface area contributed by atoms with Crippen molar-refractivity contribution in [1.82, 2.24) is 111 Å². The number of pyridine rings is 7. The molecule has 12 aliphatic rings. The number of aromatic nitrogens is 9. The van der Waals surface area contributed by atoms with E-state index >= 15 is 0 Å². The summed E-state index contributed by atoms with van der Waals surface area (Å²) in [6.07, 6.45) is 37.4. The van der Waals surface area contributed by atoms with E-state index in [1.54, 1.807) is 18.6 Å². The molecule has 35 heteroatoms. The van der Waals surface area contributed by atoms with Crippen molar-refractivity contribution in [3.63, 3.8) is 0 Å². The molecular formula is C91H108N30S5. The third kappa shape index (κ3) is 21.7. The second-order valence-corrected chi connectivity index (χ2v) is 34.5. The van der Waals surface area contributed by atoms with Crippen LogP contribution in [0.4, 0.5) is 11.5 Å². The van der Waals surface area contributed by atoms with Crippen molar-refractivity contribution >= 4 is 139 Å². The van der Waals surface area contributed by atoms with E-state index in [0.29, 0.717) is 25.4 Å². The van der Waals surface area contributed by atoms with Crippen LogP contribution in [-0.2, 0) is 32.4 Å². The van der Waals surface area contributed by atoms with Crippen molar-refractivity contribution in [2.75, 3.05) is 169 Å². The third-order valence-electron chi connectivity index (χ3n) is 24.2. The molecule has 5 fully saturated rings. The molecule has 1 unspecified atom stereocenters. The van der Waals surface area contributed by atoms with E-state index in [9.17, 15) is 0 Å². The molecule has 0 amide bonds. The molecule has 5 N–H and O–H groups in total. The van der Waals surface area contributed by atoms with Gasteiger partial charge in [0.05, 0.1) is 87.0 Å². The minimum atomic E-state index is 0.261. The highest BCUT2D eigenvalue weighted by atomic mass is 32.1. The summed E-state index contributed by atoms with van der Waals surface area (Å²) < 4.78 is 4.52. The topological polar surface area (TPSA) is 267 Å². The average molecular weight is 1780 g/mol. The number of likely N-dealkylation sites (N-methyl/N-ethyl adjacent to an activating group) is 4. The van der Waals surface area contributed by atoms with Crippen molar-refractivity contribution in [2.45, 2.75) is 70.4 Å². The SMILES string of the molecule is CN1CCN(C(=S)N/N=C2/C3=NC=CCC3c3cccnc32)CC1.CN1CCN(C(=S)NN=C2c3ncccc3Cc3cccnc32)CC1.CN1CCN(C(=S)NN=c2c3n(n4c2=CC=CC4)CC=CC=3)CC1.CN1CCN(c2ccc(C(=S)N/N=C3/CCCc4cccnc43)nc2)CC1.S=C(N/N=C1/CCCc2cccnc21)N1CCN(c2ccccn2)CC1. The Hall–Kier alpha value is -11.5. The predicted octanol–water partition coefficient (Wildman–Crippen LogP) is 5.99. The summed E-state index contributed by atoms with van der Waals surface area (Å²) in [7, 11) is 8.55. The van der Waals surface area contributed by atoms with Crippen LogP contribution in [0, 0.1) is 0 Å². The first-order valence-electron chi connectivity index (χ1n) is 43.4. The highest BCUT2D eigenvalue weighted by Crippen LogP contribution is 2.35. The van der Waals surface area contributed by atoms with E-state index in [0.717, 1.165) is 297 Å². The molecule has 16 heterocycles. The average Bonchev–Trinajstić information content (AvgIpc) is 1.70. The Morgan fingerprint density at radius 2 is 0.833 bits per heavy atom.